The summed E-state index contributed by atoms with van der Waals surface area (Å²) in [7, 11) is -3.46. The zero-order chi connectivity index (χ0) is 10.9. The van der Waals surface area contributed by atoms with E-state index in [2.05, 4.69) is 14.9 Å². The first-order valence-electron chi connectivity index (χ1n) is 4.86. The van der Waals surface area contributed by atoms with Gasteiger partial charge < -0.3 is 5.73 Å². The zero-order valence-electron chi connectivity index (χ0n) is 8.18. The predicted molar refractivity (Wildman–Crippen MR) is 54.5 cm³/mol. The molecule has 0 aromatic carbocycles. The minimum absolute atomic E-state index is 0.0772. The molecule has 1 fully saturated rings. The summed E-state index contributed by atoms with van der Waals surface area (Å²) in [5.41, 5.74) is 5.79. The van der Waals surface area contributed by atoms with Crippen LogP contribution in [0.15, 0.2) is 17.3 Å². The Morgan fingerprint density at radius 1 is 1.53 bits per heavy atom. The summed E-state index contributed by atoms with van der Waals surface area (Å²) in [4.78, 5) is 0.154. The average molecular weight is 230 g/mol. The van der Waals surface area contributed by atoms with Crippen LogP contribution in [0.25, 0.3) is 0 Å². The van der Waals surface area contributed by atoms with Gasteiger partial charge >= 0.3 is 0 Å². The number of H-pyrrole nitrogens is 1. The minimum atomic E-state index is -3.46. The summed E-state index contributed by atoms with van der Waals surface area (Å²) in [6.45, 7) is 0. The van der Waals surface area contributed by atoms with E-state index in [9.17, 15) is 8.42 Å². The molecular weight excluding hydrogens is 216 g/mol. The standard InChI is InChI=1S/C8H14N4O2S/c9-7-2-1-3-8(7)12-15(13,14)6-4-10-11-5-6/h4-5,7-8,12H,1-3,9H2,(H,10,11). The van der Waals surface area contributed by atoms with Crippen LogP contribution in [0.5, 0.6) is 0 Å². The Hall–Kier alpha value is -0.920. The van der Waals surface area contributed by atoms with Gasteiger partial charge in [-0.2, -0.15) is 5.10 Å². The Kier molecular flexibility index (Phi) is 2.76. The molecule has 6 nitrogen and oxygen atoms in total. The topological polar surface area (TPSA) is 101 Å². The third-order valence-electron chi connectivity index (χ3n) is 2.66. The molecule has 0 spiro atoms. The largest absolute Gasteiger partial charge is 0.326 e. The van der Waals surface area contributed by atoms with Gasteiger partial charge in [0.05, 0.1) is 6.20 Å². The quantitative estimate of drug-likeness (QED) is 0.655. The maximum Gasteiger partial charge on any atom is 0.243 e. The predicted octanol–water partition coefficient (Wildman–Crippen LogP) is -0.432. The Morgan fingerprint density at radius 3 is 2.87 bits per heavy atom. The van der Waals surface area contributed by atoms with Crippen LogP contribution in [0.2, 0.25) is 0 Å². The van der Waals surface area contributed by atoms with Gasteiger partial charge in [-0.1, -0.05) is 6.42 Å². The summed E-state index contributed by atoms with van der Waals surface area (Å²) in [5, 5.41) is 6.08. The highest BCUT2D eigenvalue weighted by Crippen LogP contribution is 2.19. The van der Waals surface area contributed by atoms with Crippen LogP contribution < -0.4 is 10.5 Å². The summed E-state index contributed by atoms with van der Waals surface area (Å²) in [6.07, 6.45) is 5.28. The number of nitrogens with one attached hydrogen (secondary N) is 2. The highest BCUT2D eigenvalue weighted by Gasteiger charge is 2.28. The molecule has 0 bridgehead atoms. The van der Waals surface area contributed by atoms with Gasteiger partial charge in [-0.05, 0) is 12.8 Å². The number of hydrogen-bond donors (Lipinski definition) is 3. The molecule has 2 rings (SSSR count). The maximum absolute atomic E-state index is 11.8. The van der Waals surface area contributed by atoms with E-state index in [1.807, 2.05) is 0 Å². The van der Waals surface area contributed by atoms with E-state index in [0.717, 1.165) is 19.3 Å². The van der Waals surface area contributed by atoms with Crippen molar-refractivity contribution in [3.05, 3.63) is 12.4 Å². The van der Waals surface area contributed by atoms with E-state index >= 15 is 0 Å². The lowest BCUT2D eigenvalue weighted by molar-refractivity contribution is 0.522. The summed E-state index contributed by atoms with van der Waals surface area (Å²) in [6, 6.07) is -0.225. The molecule has 1 heterocycles. The monoisotopic (exact) mass is 230 g/mol. The van der Waals surface area contributed by atoms with E-state index < -0.39 is 10.0 Å². The molecule has 0 amide bonds. The molecule has 1 aliphatic carbocycles. The lowest BCUT2D eigenvalue weighted by Crippen LogP contribution is -2.43. The van der Waals surface area contributed by atoms with Crippen LogP contribution in [0.1, 0.15) is 19.3 Å². The van der Waals surface area contributed by atoms with Crippen molar-refractivity contribution in [3.8, 4) is 0 Å². The van der Waals surface area contributed by atoms with Gasteiger partial charge in [0, 0.05) is 18.3 Å². The number of hydrogen-bond acceptors (Lipinski definition) is 4. The van der Waals surface area contributed by atoms with Crippen LogP contribution in [-0.4, -0.2) is 30.7 Å². The third-order valence-corrected chi connectivity index (χ3v) is 4.12. The summed E-state index contributed by atoms with van der Waals surface area (Å²) in [5.74, 6) is 0. The highest BCUT2D eigenvalue weighted by atomic mass is 32.2. The van der Waals surface area contributed by atoms with Crippen LogP contribution in [0.4, 0.5) is 0 Å². The van der Waals surface area contributed by atoms with Gasteiger partial charge in [-0.3, -0.25) is 5.10 Å². The molecule has 0 radical (unpaired) electrons. The Morgan fingerprint density at radius 2 is 2.33 bits per heavy atom. The Labute approximate surface area is 88.3 Å². The van der Waals surface area contributed by atoms with Gasteiger partial charge in [0.1, 0.15) is 4.90 Å². The molecule has 1 saturated carbocycles. The summed E-state index contributed by atoms with van der Waals surface area (Å²) >= 11 is 0. The highest BCUT2D eigenvalue weighted by molar-refractivity contribution is 7.89. The van der Waals surface area contributed by atoms with Crippen LogP contribution in [0, 0.1) is 0 Å². The van der Waals surface area contributed by atoms with Crippen molar-refractivity contribution in [2.24, 2.45) is 5.73 Å². The molecular formula is C8H14N4O2S. The first kappa shape index (κ1) is 10.6. The first-order chi connectivity index (χ1) is 7.09. The molecule has 2 atom stereocenters. The normalized spacial score (nSPS) is 27.0. The van der Waals surface area contributed by atoms with E-state index in [1.165, 1.54) is 12.4 Å². The number of aromatic nitrogens is 2. The van der Waals surface area contributed by atoms with Crippen molar-refractivity contribution in [1.82, 2.24) is 14.9 Å². The van der Waals surface area contributed by atoms with Crippen molar-refractivity contribution >= 4 is 10.0 Å². The molecule has 7 heteroatoms. The Balaban J connectivity index is 2.11. The molecule has 2 unspecified atom stereocenters. The van der Waals surface area contributed by atoms with Crippen molar-refractivity contribution in [3.63, 3.8) is 0 Å². The third kappa shape index (κ3) is 2.19. The number of rotatable bonds is 3. The number of nitrogens with two attached hydrogens (primary N) is 1. The molecule has 1 aromatic rings. The fourth-order valence-corrected chi connectivity index (χ4v) is 3.02. The van der Waals surface area contributed by atoms with Crippen LogP contribution in [-0.2, 0) is 10.0 Å². The van der Waals surface area contributed by atoms with E-state index in [1.54, 1.807) is 0 Å². The van der Waals surface area contributed by atoms with Gasteiger partial charge in [0.15, 0.2) is 0 Å². The second kappa shape index (κ2) is 3.92. The second-order valence-electron chi connectivity index (χ2n) is 3.76. The fraction of sp³-hybridized carbons (Fsp3) is 0.625. The zero-order valence-corrected chi connectivity index (χ0v) is 9.00. The SMILES string of the molecule is NC1CCCC1NS(=O)(=O)c1cn[nH]c1. The van der Waals surface area contributed by atoms with Crippen molar-refractivity contribution in [2.45, 2.75) is 36.2 Å². The number of nitrogens with zero attached hydrogens (tertiary/aromatic N) is 1. The molecule has 15 heavy (non-hydrogen) atoms. The molecule has 1 aliphatic rings. The maximum atomic E-state index is 11.8. The molecule has 0 aliphatic heterocycles. The average Bonchev–Trinajstić information content (AvgIpc) is 2.77. The molecule has 0 saturated heterocycles. The van der Waals surface area contributed by atoms with Gasteiger partial charge in [-0.15, -0.1) is 0 Å². The lowest BCUT2D eigenvalue weighted by atomic mass is 10.2. The van der Waals surface area contributed by atoms with E-state index in [4.69, 9.17) is 5.73 Å². The Bertz CT molecular complexity index is 414. The molecule has 4 N–H and O–H groups in total. The molecule has 1 aromatic heterocycles. The summed E-state index contributed by atoms with van der Waals surface area (Å²) < 4.78 is 26.1. The van der Waals surface area contributed by atoms with Crippen LogP contribution >= 0.6 is 0 Å². The fourth-order valence-electron chi connectivity index (χ4n) is 1.79. The minimum Gasteiger partial charge on any atom is -0.326 e. The van der Waals surface area contributed by atoms with E-state index in [0.29, 0.717) is 0 Å². The van der Waals surface area contributed by atoms with Gasteiger partial charge in [0.2, 0.25) is 10.0 Å². The smallest absolute Gasteiger partial charge is 0.243 e. The van der Waals surface area contributed by atoms with Crippen molar-refractivity contribution in [2.75, 3.05) is 0 Å². The second-order valence-corrected chi connectivity index (χ2v) is 5.47. The van der Waals surface area contributed by atoms with Crippen molar-refractivity contribution in [1.29, 1.82) is 0 Å². The van der Waals surface area contributed by atoms with Crippen molar-refractivity contribution < 1.29 is 8.42 Å². The van der Waals surface area contributed by atoms with Crippen LogP contribution in [0.3, 0.4) is 0 Å². The lowest BCUT2D eigenvalue weighted by Gasteiger charge is -2.16. The van der Waals surface area contributed by atoms with Gasteiger partial charge in [0.25, 0.3) is 0 Å². The first-order valence-corrected chi connectivity index (χ1v) is 6.34. The number of sulfonamides is 1. The number of aromatic amines is 1. The molecule has 84 valence electrons. The van der Waals surface area contributed by atoms with Gasteiger partial charge in [-0.25, -0.2) is 13.1 Å². The van der Waals surface area contributed by atoms with E-state index in [-0.39, 0.29) is 17.0 Å².